The molecule has 0 saturated carbocycles. The third-order valence-corrected chi connectivity index (χ3v) is 3.93. The quantitative estimate of drug-likeness (QED) is 0.890. The fourth-order valence-electron chi connectivity index (χ4n) is 2.45. The average molecular weight is 284 g/mol. The molecule has 0 amide bonds. The van der Waals surface area contributed by atoms with Crippen molar-refractivity contribution >= 4 is 23.4 Å². The van der Waals surface area contributed by atoms with Gasteiger partial charge >= 0.3 is 5.97 Å². The van der Waals surface area contributed by atoms with Crippen LogP contribution in [0, 0.1) is 5.92 Å². The second-order valence-corrected chi connectivity index (χ2v) is 5.48. The lowest BCUT2D eigenvalue weighted by Crippen LogP contribution is -2.43. The monoisotopic (exact) mass is 283 g/mol. The van der Waals surface area contributed by atoms with Crippen LogP contribution in [0.5, 0.6) is 0 Å². The summed E-state index contributed by atoms with van der Waals surface area (Å²) in [6.45, 7) is 4.19. The van der Waals surface area contributed by atoms with Crippen molar-refractivity contribution in [2.45, 2.75) is 19.4 Å². The molecule has 1 aliphatic rings. The van der Waals surface area contributed by atoms with Gasteiger partial charge in [-0.2, -0.15) is 0 Å². The summed E-state index contributed by atoms with van der Waals surface area (Å²) in [6.07, 6.45) is 2.46. The minimum Gasteiger partial charge on any atom is -0.478 e. The molecule has 1 saturated heterocycles. The third kappa shape index (κ3) is 3.16. The molecule has 19 heavy (non-hydrogen) atoms. The Kier molecular flexibility index (Phi) is 4.27. The number of piperidine rings is 1. The minimum atomic E-state index is -1.04. The number of rotatable bonds is 3. The fourth-order valence-corrected chi connectivity index (χ4v) is 2.70. The molecule has 5 nitrogen and oxygen atoms in total. The summed E-state index contributed by atoms with van der Waals surface area (Å²) in [5.74, 6) is -0.111. The average Bonchev–Trinajstić information content (AvgIpc) is 2.34. The van der Waals surface area contributed by atoms with Crippen molar-refractivity contribution in [3.63, 3.8) is 0 Å². The molecule has 0 radical (unpaired) electrons. The van der Waals surface area contributed by atoms with Gasteiger partial charge in [-0.05, 0) is 32.0 Å². The first kappa shape index (κ1) is 14.1. The number of hydrogen-bond donors (Lipinski definition) is 2. The lowest BCUT2D eigenvalue weighted by atomic mass is 9.94. The topological polar surface area (TPSA) is 65.5 Å². The third-order valence-electron chi connectivity index (χ3n) is 3.55. The van der Waals surface area contributed by atoms with E-state index in [9.17, 15) is 4.79 Å². The van der Waals surface area contributed by atoms with Gasteiger partial charge < -0.3 is 15.3 Å². The summed E-state index contributed by atoms with van der Waals surface area (Å²) in [5.41, 5.74) is 0.0831. The van der Waals surface area contributed by atoms with E-state index < -0.39 is 5.97 Å². The number of aromatic carboxylic acids is 1. The van der Waals surface area contributed by atoms with Crippen LogP contribution in [0.25, 0.3) is 0 Å². The molecule has 1 aliphatic heterocycles. The first-order chi connectivity index (χ1) is 8.99. The van der Waals surface area contributed by atoms with E-state index in [0.717, 1.165) is 19.5 Å². The van der Waals surface area contributed by atoms with E-state index in [1.807, 2.05) is 0 Å². The molecule has 1 aromatic rings. The van der Waals surface area contributed by atoms with Crippen LogP contribution in [-0.4, -0.2) is 47.1 Å². The fraction of sp³-hybridized carbons (Fsp3) is 0.538. The summed E-state index contributed by atoms with van der Waals surface area (Å²) < 4.78 is 0. The summed E-state index contributed by atoms with van der Waals surface area (Å²) in [6, 6.07) is 1.68. The number of carboxylic acid groups (broad SMARTS) is 1. The summed E-state index contributed by atoms with van der Waals surface area (Å²) in [7, 11) is 2.10. The van der Waals surface area contributed by atoms with Crippen molar-refractivity contribution in [3.05, 3.63) is 22.8 Å². The van der Waals surface area contributed by atoms with Crippen LogP contribution in [0.2, 0.25) is 5.02 Å². The molecule has 104 valence electrons. The highest BCUT2D eigenvalue weighted by Gasteiger charge is 2.25. The van der Waals surface area contributed by atoms with E-state index in [4.69, 9.17) is 16.7 Å². The molecule has 0 aliphatic carbocycles. The molecule has 2 rings (SSSR count). The Balaban J connectivity index is 2.15. The van der Waals surface area contributed by atoms with Gasteiger partial charge in [0.05, 0.1) is 10.6 Å². The molecule has 6 heteroatoms. The van der Waals surface area contributed by atoms with E-state index in [2.05, 4.69) is 29.2 Å². The number of carbonyl (C=O) groups is 1. The van der Waals surface area contributed by atoms with Crippen LogP contribution in [0.1, 0.15) is 23.7 Å². The number of aromatic nitrogens is 1. The minimum absolute atomic E-state index is 0.0831. The number of likely N-dealkylation sites (tertiary alicyclic amines) is 1. The predicted octanol–water partition coefficient (Wildman–Crippen LogP) is 2.19. The highest BCUT2D eigenvalue weighted by atomic mass is 35.5. The lowest BCUT2D eigenvalue weighted by molar-refractivity contribution is 0.0697. The second kappa shape index (κ2) is 5.75. The van der Waals surface area contributed by atoms with Crippen LogP contribution >= 0.6 is 11.6 Å². The molecular weight excluding hydrogens is 266 g/mol. The largest absolute Gasteiger partial charge is 0.478 e. The van der Waals surface area contributed by atoms with E-state index in [0.29, 0.717) is 11.7 Å². The van der Waals surface area contributed by atoms with Crippen LogP contribution in [0.15, 0.2) is 12.3 Å². The normalized spacial score (nSPS) is 24.2. The second-order valence-electron chi connectivity index (χ2n) is 5.11. The number of carboxylic acids is 1. The highest BCUT2D eigenvalue weighted by Crippen LogP contribution is 2.27. The standard InChI is InChI=1S/C13H18ClN3O2/c1-8-7-17(2)6-4-10(8)16-12-11(14)9(13(18)19)3-5-15-12/h3,5,8,10H,4,6-7H2,1-2H3,(H,15,16)(H,18,19). The number of anilines is 1. The van der Waals surface area contributed by atoms with Crippen molar-refractivity contribution in [1.29, 1.82) is 0 Å². The molecule has 2 N–H and O–H groups in total. The summed E-state index contributed by atoms with van der Waals surface area (Å²) in [5, 5.41) is 12.5. The van der Waals surface area contributed by atoms with Gasteiger partial charge in [-0.15, -0.1) is 0 Å². The maximum absolute atomic E-state index is 11.0. The zero-order valence-electron chi connectivity index (χ0n) is 11.1. The van der Waals surface area contributed by atoms with E-state index in [1.165, 1.54) is 12.3 Å². The molecule has 1 fully saturated rings. The van der Waals surface area contributed by atoms with Crippen LogP contribution in [0.3, 0.4) is 0 Å². The van der Waals surface area contributed by atoms with Crippen molar-refractivity contribution in [2.75, 3.05) is 25.5 Å². The summed E-state index contributed by atoms with van der Waals surface area (Å²) >= 11 is 6.08. The van der Waals surface area contributed by atoms with Gasteiger partial charge in [-0.1, -0.05) is 18.5 Å². The smallest absolute Gasteiger partial charge is 0.337 e. The molecule has 2 heterocycles. The molecule has 0 bridgehead atoms. The first-order valence-corrected chi connectivity index (χ1v) is 6.69. The van der Waals surface area contributed by atoms with E-state index in [1.54, 1.807) is 0 Å². The van der Waals surface area contributed by atoms with Crippen molar-refractivity contribution in [3.8, 4) is 0 Å². The van der Waals surface area contributed by atoms with Gasteiger partial charge in [0.25, 0.3) is 0 Å². The van der Waals surface area contributed by atoms with Crippen LogP contribution in [0.4, 0.5) is 5.82 Å². The number of nitrogens with one attached hydrogen (secondary N) is 1. The Hall–Kier alpha value is -1.33. The molecule has 2 unspecified atom stereocenters. The van der Waals surface area contributed by atoms with E-state index >= 15 is 0 Å². The number of nitrogens with zero attached hydrogens (tertiary/aromatic N) is 2. The Bertz CT molecular complexity index is 481. The summed E-state index contributed by atoms with van der Waals surface area (Å²) in [4.78, 5) is 17.5. The van der Waals surface area contributed by atoms with E-state index in [-0.39, 0.29) is 16.6 Å². The predicted molar refractivity (Wildman–Crippen MR) is 74.9 cm³/mol. The zero-order valence-corrected chi connectivity index (χ0v) is 11.8. The molecule has 0 aromatic carbocycles. The Morgan fingerprint density at radius 3 is 3.00 bits per heavy atom. The molecular formula is C13H18ClN3O2. The molecule has 0 spiro atoms. The van der Waals surface area contributed by atoms with Gasteiger partial charge in [0.2, 0.25) is 0 Å². The number of pyridine rings is 1. The highest BCUT2D eigenvalue weighted by molar-refractivity contribution is 6.35. The number of halogens is 1. The van der Waals surface area contributed by atoms with Crippen LogP contribution in [-0.2, 0) is 0 Å². The van der Waals surface area contributed by atoms with Gasteiger partial charge in [-0.25, -0.2) is 9.78 Å². The SMILES string of the molecule is CC1CN(C)CCC1Nc1nccc(C(=O)O)c1Cl. The van der Waals surface area contributed by atoms with Crippen LogP contribution < -0.4 is 5.32 Å². The first-order valence-electron chi connectivity index (χ1n) is 6.32. The van der Waals surface area contributed by atoms with Gasteiger partial charge in [0.15, 0.2) is 0 Å². The lowest BCUT2D eigenvalue weighted by Gasteiger charge is -2.35. The van der Waals surface area contributed by atoms with Crippen molar-refractivity contribution < 1.29 is 9.90 Å². The zero-order chi connectivity index (χ0) is 14.0. The van der Waals surface area contributed by atoms with Gasteiger partial charge in [0, 0.05) is 18.8 Å². The van der Waals surface area contributed by atoms with Crippen molar-refractivity contribution in [1.82, 2.24) is 9.88 Å². The van der Waals surface area contributed by atoms with Gasteiger partial charge in [-0.3, -0.25) is 0 Å². The Labute approximate surface area is 117 Å². The van der Waals surface area contributed by atoms with Crippen molar-refractivity contribution in [2.24, 2.45) is 5.92 Å². The molecule has 2 atom stereocenters. The molecule has 1 aromatic heterocycles. The maximum atomic E-state index is 11.0. The Morgan fingerprint density at radius 1 is 1.63 bits per heavy atom. The maximum Gasteiger partial charge on any atom is 0.337 e. The number of hydrogen-bond acceptors (Lipinski definition) is 4. The van der Waals surface area contributed by atoms with Gasteiger partial charge in [0.1, 0.15) is 5.82 Å². The Morgan fingerprint density at radius 2 is 2.37 bits per heavy atom.